The van der Waals surface area contributed by atoms with Crippen LogP contribution in [-0.4, -0.2) is 64.4 Å². The van der Waals surface area contributed by atoms with Gasteiger partial charge in [-0.2, -0.15) is 0 Å². The number of ketones is 1. The van der Waals surface area contributed by atoms with Crippen LogP contribution in [0.1, 0.15) is 67.2 Å². The maximum Gasteiger partial charge on any atom is 0.333 e. The summed E-state index contributed by atoms with van der Waals surface area (Å²) in [6.07, 6.45) is -1.59. The lowest BCUT2D eigenvalue weighted by Gasteiger charge is -2.60. The van der Waals surface area contributed by atoms with Crippen molar-refractivity contribution in [2.24, 2.45) is 22.7 Å². The maximum atomic E-state index is 13.4. The average molecular weight is 533 g/mol. The van der Waals surface area contributed by atoms with Gasteiger partial charge in [-0.15, -0.1) is 0 Å². The van der Waals surface area contributed by atoms with Crippen molar-refractivity contribution in [1.29, 1.82) is 0 Å². The number of Topliss-reactive ketones (excluding diaryl/α,β-unsaturated/α-hetero) is 1. The van der Waals surface area contributed by atoms with Crippen LogP contribution in [-0.2, 0) is 33.4 Å². The zero-order valence-corrected chi connectivity index (χ0v) is 23.2. The molecular formula is C29H40O9. The molecule has 3 rings (SSSR count). The number of ether oxygens (including phenoxy) is 3. The van der Waals surface area contributed by atoms with Gasteiger partial charge in [0.25, 0.3) is 0 Å². The Hall–Kier alpha value is -2.78. The molecule has 1 heterocycles. The Morgan fingerprint density at radius 3 is 2.39 bits per heavy atom. The summed E-state index contributed by atoms with van der Waals surface area (Å²) in [4.78, 5) is 51.0. The smallest absolute Gasteiger partial charge is 0.333 e. The molecule has 2 N–H and O–H groups in total. The van der Waals surface area contributed by atoms with Crippen LogP contribution in [0.25, 0.3) is 0 Å². The first-order chi connectivity index (χ1) is 17.5. The minimum Gasteiger partial charge on any atom is -0.462 e. The molecule has 0 unspecified atom stereocenters. The standard InChI is InChI=1S/C29H40O9/c1-9-16(4)26(34)38-20(29(35)13-21(30)36-14-29)12-27(7)18(6)22(31)24(32)28(8)17(5)10-11-19(23(27)28)37-25(33)15(2)3/h9,15,19-20,23-24,32,35H,5-6,10-14H2,1-4,7-8H3/b16-9+/t19-,20-,23-,24+,27+,28+,29+/m1/s1. The molecule has 2 aliphatic carbocycles. The van der Waals surface area contributed by atoms with Crippen LogP contribution in [0.5, 0.6) is 0 Å². The second kappa shape index (κ2) is 10.4. The quantitative estimate of drug-likeness (QED) is 0.219. The van der Waals surface area contributed by atoms with E-state index in [1.54, 1.807) is 47.6 Å². The van der Waals surface area contributed by atoms with Crippen LogP contribution in [0, 0.1) is 22.7 Å². The van der Waals surface area contributed by atoms with Crippen molar-refractivity contribution in [3.05, 3.63) is 36.0 Å². The van der Waals surface area contributed by atoms with Gasteiger partial charge in [-0.05, 0) is 38.7 Å². The van der Waals surface area contributed by atoms with E-state index < -0.39 is 83.3 Å². The number of hydrogen-bond acceptors (Lipinski definition) is 9. The van der Waals surface area contributed by atoms with Crippen molar-refractivity contribution >= 4 is 23.7 Å². The third-order valence-electron chi connectivity index (χ3n) is 8.89. The van der Waals surface area contributed by atoms with Crippen LogP contribution in [0.4, 0.5) is 0 Å². The van der Waals surface area contributed by atoms with E-state index in [-0.39, 0.29) is 12.0 Å². The Kier molecular flexibility index (Phi) is 8.16. The number of carbonyl (C=O) groups excluding carboxylic acids is 4. The minimum atomic E-state index is -1.85. The largest absolute Gasteiger partial charge is 0.462 e. The Balaban J connectivity index is 2.15. The summed E-state index contributed by atoms with van der Waals surface area (Å²) in [6, 6.07) is 0. The Morgan fingerprint density at radius 2 is 1.87 bits per heavy atom. The minimum absolute atomic E-state index is 0.0606. The number of cyclic esters (lactones) is 1. The topological polar surface area (TPSA) is 136 Å². The third kappa shape index (κ3) is 4.86. The van der Waals surface area contributed by atoms with E-state index in [1.807, 2.05) is 0 Å². The molecule has 2 saturated carbocycles. The first kappa shape index (κ1) is 29.8. The molecule has 3 fully saturated rings. The number of carbonyl (C=O) groups is 4. The van der Waals surface area contributed by atoms with Crippen molar-refractivity contribution in [2.45, 2.75) is 91.1 Å². The summed E-state index contributed by atoms with van der Waals surface area (Å²) in [6.45, 7) is 17.9. The molecule has 210 valence electrons. The zero-order chi connectivity index (χ0) is 28.8. The molecule has 0 aromatic heterocycles. The van der Waals surface area contributed by atoms with Crippen molar-refractivity contribution in [1.82, 2.24) is 0 Å². The highest BCUT2D eigenvalue weighted by Crippen LogP contribution is 2.62. The number of rotatable bonds is 7. The van der Waals surface area contributed by atoms with E-state index in [0.717, 1.165) is 0 Å². The van der Waals surface area contributed by atoms with Gasteiger partial charge in [-0.25, -0.2) is 4.79 Å². The van der Waals surface area contributed by atoms with Gasteiger partial charge in [-0.1, -0.05) is 52.5 Å². The predicted octanol–water partition coefficient (Wildman–Crippen LogP) is 2.98. The van der Waals surface area contributed by atoms with Crippen LogP contribution in [0.15, 0.2) is 36.0 Å². The summed E-state index contributed by atoms with van der Waals surface area (Å²) in [5.41, 5.74) is -3.28. The molecule has 1 saturated heterocycles. The molecule has 0 aromatic carbocycles. The SMILES string of the molecule is C=C1CC[C@@H](OC(=O)C(C)C)[C@H]2[C@@]1(C)[C@@H](O)C(=O)C(=C)[C@]2(C)C[C@@H](OC(=O)/C(C)=C/C)[C@@]1(O)COC(=O)C1. The van der Waals surface area contributed by atoms with Gasteiger partial charge >= 0.3 is 17.9 Å². The molecule has 0 amide bonds. The summed E-state index contributed by atoms with van der Waals surface area (Å²) in [7, 11) is 0. The van der Waals surface area contributed by atoms with Gasteiger partial charge in [0.15, 0.2) is 5.78 Å². The highest BCUT2D eigenvalue weighted by atomic mass is 16.6. The third-order valence-corrected chi connectivity index (χ3v) is 8.89. The molecule has 9 heteroatoms. The van der Waals surface area contributed by atoms with Crippen molar-refractivity contribution in [2.75, 3.05) is 6.61 Å². The number of fused-ring (bicyclic) bond motifs is 1. The Labute approximate surface area is 223 Å². The summed E-state index contributed by atoms with van der Waals surface area (Å²) in [5, 5.41) is 22.7. The van der Waals surface area contributed by atoms with Crippen LogP contribution < -0.4 is 0 Å². The first-order valence-corrected chi connectivity index (χ1v) is 13.0. The number of aliphatic hydroxyl groups excluding tert-OH is 1. The Morgan fingerprint density at radius 1 is 1.24 bits per heavy atom. The second-order valence-electron chi connectivity index (χ2n) is 11.7. The molecule has 1 aliphatic heterocycles. The highest BCUT2D eigenvalue weighted by Gasteiger charge is 2.66. The number of aliphatic hydroxyl groups is 2. The van der Waals surface area contributed by atoms with E-state index in [0.29, 0.717) is 24.0 Å². The van der Waals surface area contributed by atoms with E-state index in [2.05, 4.69) is 13.2 Å². The van der Waals surface area contributed by atoms with Gasteiger partial charge in [-0.3, -0.25) is 14.4 Å². The number of allylic oxidation sites excluding steroid dienone is 1. The molecule has 0 bridgehead atoms. The predicted molar refractivity (Wildman–Crippen MR) is 137 cm³/mol. The lowest BCUT2D eigenvalue weighted by atomic mass is 9.45. The summed E-state index contributed by atoms with van der Waals surface area (Å²) >= 11 is 0. The van der Waals surface area contributed by atoms with Gasteiger partial charge in [0.1, 0.15) is 30.5 Å². The fraction of sp³-hybridized carbons (Fsp3) is 0.655. The first-order valence-electron chi connectivity index (χ1n) is 13.0. The zero-order valence-electron chi connectivity index (χ0n) is 23.2. The van der Waals surface area contributed by atoms with E-state index in [9.17, 15) is 29.4 Å². The summed E-state index contributed by atoms with van der Waals surface area (Å²) < 4.78 is 16.8. The summed E-state index contributed by atoms with van der Waals surface area (Å²) in [5.74, 6) is -3.45. The molecule has 38 heavy (non-hydrogen) atoms. The second-order valence-corrected chi connectivity index (χ2v) is 11.7. The molecule has 0 aromatic rings. The van der Waals surface area contributed by atoms with Crippen LogP contribution in [0.3, 0.4) is 0 Å². The number of hydrogen-bond donors (Lipinski definition) is 2. The van der Waals surface area contributed by atoms with E-state index in [1.165, 1.54) is 0 Å². The van der Waals surface area contributed by atoms with E-state index in [4.69, 9.17) is 14.2 Å². The van der Waals surface area contributed by atoms with E-state index >= 15 is 0 Å². The molecule has 9 nitrogen and oxygen atoms in total. The molecule has 0 spiro atoms. The molecule has 3 aliphatic rings. The van der Waals surface area contributed by atoms with Gasteiger partial charge in [0.05, 0.1) is 12.3 Å². The molecule has 7 atom stereocenters. The van der Waals surface area contributed by atoms with Crippen molar-refractivity contribution in [3.8, 4) is 0 Å². The van der Waals surface area contributed by atoms with Crippen molar-refractivity contribution in [3.63, 3.8) is 0 Å². The lowest BCUT2D eigenvalue weighted by molar-refractivity contribution is -0.188. The maximum absolute atomic E-state index is 13.4. The molecule has 0 radical (unpaired) electrons. The van der Waals surface area contributed by atoms with Gasteiger partial charge in [0.2, 0.25) is 0 Å². The Bertz CT molecular complexity index is 1090. The van der Waals surface area contributed by atoms with Crippen molar-refractivity contribution < 1.29 is 43.6 Å². The fourth-order valence-corrected chi connectivity index (χ4v) is 6.19. The highest BCUT2D eigenvalue weighted by molar-refractivity contribution is 6.01. The van der Waals surface area contributed by atoms with Gasteiger partial charge in [0, 0.05) is 22.3 Å². The lowest BCUT2D eigenvalue weighted by Crippen LogP contribution is -2.65. The fourth-order valence-electron chi connectivity index (χ4n) is 6.19. The van der Waals surface area contributed by atoms with Crippen LogP contribution >= 0.6 is 0 Å². The average Bonchev–Trinajstić information content (AvgIpc) is 3.22. The number of esters is 3. The van der Waals surface area contributed by atoms with Gasteiger partial charge < -0.3 is 24.4 Å². The van der Waals surface area contributed by atoms with Crippen LogP contribution in [0.2, 0.25) is 0 Å². The molecular weight excluding hydrogens is 492 g/mol. The monoisotopic (exact) mass is 532 g/mol. The normalized spacial score (nSPS) is 36.6.